The molecule has 0 saturated carbocycles. The van der Waals surface area contributed by atoms with Crippen molar-refractivity contribution in [2.75, 3.05) is 13.1 Å². The van der Waals surface area contributed by atoms with Crippen molar-refractivity contribution in [3.05, 3.63) is 47.8 Å². The molecule has 5 nitrogen and oxygen atoms in total. The van der Waals surface area contributed by atoms with Crippen LogP contribution in [0, 0.1) is 0 Å². The van der Waals surface area contributed by atoms with Crippen molar-refractivity contribution in [1.29, 1.82) is 0 Å². The molecule has 0 amide bonds. The smallest absolute Gasteiger partial charge is 0.155 e. The summed E-state index contributed by atoms with van der Waals surface area (Å²) in [6.45, 7) is 5.71. The van der Waals surface area contributed by atoms with E-state index in [9.17, 15) is 4.39 Å². The number of fused-ring (bicyclic) bond motifs is 2. The first-order chi connectivity index (χ1) is 13.6. The zero-order valence-electron chi connectivity index (χ0n) is 16.1. The van der Waals surface area contributed by atoms with Crippen LogP contribution in [-0.2, 0) is 0 Å². The molecule has 0 aliphatic carbocycles. The highest BCUT2D eigenvalue weighted by atomic mass is 19.1. The first-order valence-corrected chi connectivity index (χ1v) is 9.92. The predicted molar refractivity (Wildman–Crippen MR) is 110 cm³/mol. The van der Waals surface area contributed by atoms with Crippen LogP contribution in [0.4, 0.5) is 4.39 Å². The van der Waals surface area contributed by atoms with E-state index in [2.05, 4.69) is 57.5 Å². The monoisotopic (exact) mass is 377 g/mol. The van der Waals surface area contributed by atoms with Gasteiger partial charge in [0.25, 0.3) is 0 Å². The SMILES string of the molecule is CC(C)c1c(-c2ccnc3[nH]ncc23)[nH]c2ccc(C3CCNCC3F)cc12. The van der Waals surface area contributed by atoms with Crippen LogP contribution in [0.25, 0.3) is 33.2 Å². The van der Waals surface area contributed by atoms with Gasteiger partial charge in [-0.05, 0) is 48.2 Å². The number of H-pyrrole nitrogens is 2. The van der Waals surface area contributed by atoms with E-state index in [4.69, 9.17) is 0 Å². The van der Waals surface area contributed by atoms with E-state index in [1.807, 2.05) is 12.3 Å². The van der Waals surface area contributed by atoms with Crippen molar-refractivity contribution in [3.8, 4) is 11.3 Å². The lowest BCUT2D eigenvalue weighted by Gasteiger charge is -2.27. The van der Waals surface area contributed by atoms with Gasteiger partial charge in [0.05, 0.1) is 11.9 Å². The van der Waals surface area contributed by atoms with Crippen LogP contribution < -0.4 is 5.32 Å². The minimum atomic E-state index is -0.835. The van der Waals surface area contributed by atoms with Gasteiger partial charge in [0.15, 0.2) is 5.65 Å². The summed E-state index contributed by atoms with van der Waals surface area (Å²) in [4.78, 5) is 7.97. The number of benzene rings is 1. The van der Waals surface area contributed by atoms with Crippen LogP contribution in [0.1, 0.15) is 43.2 Å². The van der Waals surface area contributed by atoms with Crippen LogP contribution in [0.3, 0.4) is 0 Å². The molecule has 6 heteroatoms. The summed E-state index contributed by atoms with van der Waals surface area (Å²) < 4.78 is 14.5. The first kappa shape index (κ1) is 17.4. The van der Waals surface area contributed by atoms with E-state index in [1.165, 1.54) is 10.9 Å². The molecule has 0 bridgehead atoms. The Kier molecular flexibility index (Phi) is 4.16. The normalized spacial score (nSPS) is 20.4. The number of aromatic nitrogens is 4. The number of halogens is 1. The number of hydrogen-bond acceptors (Lipinski definition) is 3. The van der Waals surface area contributed by atoms with E-state index < -0.39 is 6.17 Å². The molecule has 2 unspecified atom stereocenters. The van der Waals surface area contributed by atoms with Gasteiger partial charge in [-0.25, -0.2) is 9.37 Å². The quantitative estimate of drug-likeness (QED) is 0.487. The van der Waals surface area contributed by atoms with Gasteiger partial charge < -0.3 is 10.3 Å². The zero-order valence-corrected chi connectivity index (χ0v) is 16.1. The van der Waals surface area contributed by atoms with E-state index in [-0.39, 0.29) is 5.92 Å². The van der Waals surface area contributed by atoms with Gasteiger partial charge >= 0.3 is 0 Å². The second kappa shape index (κ2) is 6.71. The molecule has 1 fully saturated rings. The molecule has 4 heterocycles. The molecule has 3 aromatic heterocycles. The van der Waals surface area contributed by atoms with E-state index >= 15 is 0 Å². The minimum Gasteiger partial charge on any atom is -0.354 e. The standard InChI is InChI=1S/C22H24FN5/c1-12(2)20-16-9-13(14-5-7-24-11-18(14)23)3-4-19(16)27-21(20)15-6-8-25-22-17(15)10-26-28-22/h3-4,6,8-10,12,14,18,24,27H,5,7,11H2,1-2H3,(H,25,26,28). The summed E-state index contributed by atoms with van der Waals surface area (Å²) in [6.07, 6.45) is 3.63. The summed E-state index contributed by atoms with van der Waals surface area (Å²) in [7, 11) is 0. The Hall–Kier alpha value is -2.73. The Morgan fingerprint density at radius 2 is 2.07 bits per heavy atom. The first-order valence-electron chi connectivity index (χ1n) is 9.92. The lowest BCUT2D eigenvalue weighted by Crippen LogP contribution is -2.36. The average molecular weight is 377 g/mol. The van der Waals surface area contributed by atoms with Gasteiger partial charge in [0.2, 0.25) is 0 Å². The molecule has 144 valence electrons. The zero-order chi connectivity index (χ0) is 19.3. The van der Waals surface area contributed by atoms with Crippen molar-refractivity contribution >= 4 is 21.9 Å². The number of nitrogens with one attached hydrogen (secondary N) is 3. The summed E-state index contributed by atoms with van der Waals surface area (Å²) in [5.41, 5.74) is 6.40. The Balaban J connectivity index is 1.70. The number of rotatable bonds is 3. The molecule has 28 heavy (non-hydrogen) atoms. The largest absolute Gasteiger partial charge is 0.354 e. The summed E-state index contributed by atoms with van der Waals surface area (Å²) in [6, 6.07) is 8.40. The van der Waals surface area contributed by atoms with E-state index in [0.29, 0.717) is 12.5 Å². The van der Waals surface area contributed by atoms with Crippen LogP contribution in [0.15, 0.2) is 36.7 Å². The Morgan fingerprint density at radius 3 is 2.89 bits per heavy atom. The summed E-state index contributed by atoms with van der Waals surface area (Å²) in [5, 5.41) is 12.4. The van der Waals surface area contributed by atoms with Crippen molar-refractivity contribution in [2.45, 2.75) is 38.3 Å². The second-order valence-corrected chi connectivity index (χ2v) is 7.98. The van der Waals surface area contributed by atoms with Crippen LogP contribution >= 0.6 is 0 Å². The molecule has 1 aliphatic heterocycles. The molecule has 1 saturated heterocycles. The van der Waals surface area contributed by atoms with E-state index in [0.717, 1.165) is 46.3 Å². The Morgan fingerprint density at radius 1 is 1.18 bits per heavy atom. The van der Waals surface area contributed by atoms with Crippen molar-refractivity contribution in [1.82, 2.24) is 25.5 Å². The second-order valence-electron chi connectivity index (χ2n) is 7.98. The molecule has 0 spiro atoms. The molecule has 4 aromatic rings. The molecular weight excluding hydrogens is 353 g/mol. The molecular formula is C22H24FN5. The van der Waals surface area contributed by atoms with Crippen LogP contribution in [0.2, 0.25) is 0 Å². The highest BCUT2D eigenvalue weighted by Crippen LogP contribution is 2.39. The third-order valence-corrected chi connectivity index (χ3v) is 5.90. The number of pyridine rings is 1. The van der Waals surface area contributed by atoms with Gasteiger partial charge in [-0.2, -0.15) is 5.10 Å². The van der Waals surface area contributed by atoms with Gasteiger partial charge in [-0.3, -0.25) is 5.10 Å². The number of piperidine rings is 1. The Bertz CT molecular complexity index is 1140. The number of alkyl halides is 1. The Labute approximate surface area is 162 Å². The third-order valence-electron chi connectivity index (χ3n) is 5.90. The van der Waals surface area contributed by atoms with Crippen LogP contribution in [0.5, 0.6) is 0 Å². The van der Waals surface area contributed by atoms with Crippen molar-refractivity contribution in [2.24, 2.45) is 0 Å². The maximum absolute atomic E-state index is 14.5. The fourth-order valence-corrected chi connectivity index (χ4v) is 4.54. The third kappa shape index (κ3) is 2.71. The highest BCUT2D eigenvalue weighted by Gasteiger charge is 2.27. The van der Waals surface area contributed by atoms with Gasteiger partial charge in [0.1, 0.15) is 6.17 Å². The summed E-state index contributed by atoms with van der Waals surface area (Å²) >= 11 is 0. The predicted octanol–water partition coefficient (Wildman–Crippen LogP) is 4.64. The fourth-order valence-electron chi connectivity index (χ4n) is 4.54. The molecule has 1 aliphatic rings. The van der Waals surface area contributed by atoms with Crippen molar-refractivity contribution in [3.63, 3.8) is 0 Å². The van der Waals surface area contributed by atoms with Crippen LogP contribution in [-0.4, -0.2) is 39.4 Å². The fraction of sp³-hybridized carbons (Fsp3) is 0.364. The minimum absolute atomic E-state index is 0.0366. The molecule has 0 radical (unpaired) electrons. The van der Waals surface area contributed by atoms with Gasteiger partial charge in [0, 0.05) is 40.5 Å². The average Bonchev–Trinajstić information content (AvgIpc) is 3.32. The van der Waals surface area contributed by atoms with Gasteiger partial charge in [-0.15, -0.1) is 0 Å². The maximum Gasteiger partial charge on any atom is 0.155 e. The molecule has 2 atom stereocenters. The van der Waals surface area contributed by atoms with E-state index in [1.54, 1.807) is 6.20 Å². The molecule has 3 N–H and O–H groups in total. The maximum atomic E-state index is 14.5. The highest BCUT2D eigenvalue weighted by molar-refractivity contribution is 5.98. The van der Waals surface area contributed by atoms with Crippen molar-refractivity contribution < 1.29 is 4.39 Å². The summed E-state index contributed by atoms with van der Waals surface area (Å²) in [5.74, 6) is 0.286. The topological polar surface area (TPSA) is 69.4 Å². The molecule has 1 aromatic carbocycles. The lowest BCUT2D eigenvalue weighted by atomic mass is 9.87. The number of nitrogens with zero attached hydrogens (tertiary/aromatic N) is 2. The molecule has 5 rings (SSSR count). The number of hydrogen-bond donors (Lipinski definition) is 3. The number of aromatic amines is 2. The van der Waals surface area contributed by atoms with Gasteiger partial charge in [-0.1, -0.05) is 19.9 Å². The lowest BCUT2D eigenvalue weighted by molar-refractivity contribution is 0.231.